The molecule has 140 valence electrons. The molecule has 1 aromatic carbocycles. The second-order valence-electron chi connectivity index (χ2n) is 6.25. The van der Waals surface area contributed by atoms with Gasteiger partial charge in [-0.2, -0.15) is 5.10 Å². The van der Waals surface area contributed by atoms with E-state index < -0.39 is 6.67 Å². The van der Waals surface area contributed by atoms with E-state index in [1.54, 1.807) is 41.4 Å². The minimum Gasteiger partial charge on any atom is -0.310 e. The highest BCUT2D eigenvalue weighted by atomic mass is 19.1. The predicted octanol–water partition coefficient (Wildman–Crippen LogP) is 3.19. The highest BCUT2D eigenvalue weighted by molar-refractivity contribution is 5.60. The third kappa shape index (κ3) is 3.59. The first-order valence-corrected chi connectivity index (χ1v) is 8.91. The highest BCUT2D eigenvalue weighted by Gasteiger charge is 2.17. The average molecular weight is 375 g/mol. The molecule has 0 unspecified atom stereocenters. The van der Waals surface area contributed by atoms with Crippen molar-refractivity contribution in [3.8, 4) is 22.8 Å². The molecule has 0 spiro atoms. The van der Waals surface area contributed by atoms with E-state index in [4.69, 9.17) is 0 Å². The molecule has 0 saturated heterocycles. The third-order valence-corrected chi connectivity index (χ3v) is 4.34. The summed E-state index contributed by atoms with van der Waals surface area (Å²) >= 11 is 0. The lowest BCUT2D eigenvalue weighted by Crippen LogP contribution is -2.22. The van der Waals surface area contributed by atoms with Crippen molar-refractivity contribution >= 4 is 0 Å². The maximum absolute atomic E-state index is 13.1. The van der Waals surface area contributed by atoms with E-state index in [0.717, 1.165) is 5.56 Å². The first kappa shape index (κ1) is 17.8. The van der Waals surface area contributed by atoms with E-state index in [0.29, 0.717) is 29.3 Å². The first-order valence-electron chi connectivity index (χ1n) is 8.91. The molecule has 0 bridgehead atoms. The Morgan fingerprint density at radius 3 is 2.61 bits per heavy atom. The molecule has 4 aromatic rings. The van der Waals surface area contributed by atoms with Crippen LogP contribution < -0.4 is 5.56 Å². The van der Waals surface area contributed by atoms with E-state index >= 15 is 0 Å². The molecule has 0 N–H and O–H groups in total. The molecule has 0 aliphatic heterocycles. The highest BCUT2D eigenvalue weighted by Crippen LogP contribution is 2.20. The molecular formula is C21H18FN5O. The quantitative estimate of drug-likeness (QED) is 0.519. The Morgan fingerprint density at radius 2 is 1.86 bits per heavy atom. The van der Waals surface area contributed by atoms with Gasteiger partial charge in [0.05, 0.1) is 18.7 Å². The van der Waals surface area contributed by atoms with Gasteiger partial charge >= 0.3 is 0 Å². The van der Waals surface area contributed by atoms with Crippen molar-refractivity contribution in [2.24, 2.45) is 0 Å². The van der Waals surface area contributed by atoms with E-state index in [9.17, 15) is 9.18 Å². The van der Waals surface area contributed by atoms with Crippen LogP contribution in [0, 0.1) is 0 Å². The number of hydrogen-bond donors (Lipinski definition) is 0. The molecule has 7 heteroatoms. The van der Waals surface area contributed by atoms with E-state index in [1.165, 1.54) is 4.68 Å². The topological polar surface area (TPSA) is 65.6 Å². The Hall–Kier alpha value is -3.61. The summed E-state index contributed by atoms with van der Waals surface area (Å²) < 4.78 is 16.1. The second-order valence-corrected chi connectivity index (χ2v) is 6.25. The maximum Gasteiger partial charge on any atom is 0.261 e. The fraction of sp³-hybridized carbons (Fsp3) is 0.143. The molecule has 0 aliphatic rings. The van der Waals surface area contributed by atoms with Crippen molar-refractivity contribution < 1.29 is 4.39 Å². The van der Waals surface area contributed by atoms with Crippen LogP contribution in [0.1, 0.15) is 5.56 Å². The Balaban J connectivity index is 1.77. The van der Waals surface area contributed by atoms with Gasteiger partial charge in [0.25, 0.3) is 5.56 Å². The smallest absolute Gasteiger partial charge is 0.261 e. The fourth-order valence-corrected chi connectivity index (χ4v) is 3.01. The summed E-state index contributed by atoms with van der Waals surface area (Å²) in [6.45, 7) is -0.135. The minimum absolute atomic E-state index is 0.0234. The number of hydrogen-bond acceptors (Lipinski definition) is 4. The van der Waals surface area contributed by atoms with Gasteiger partial charge in [-0.25, -0.2) is 14.1 Å². The number of rotatable bonds is 6. The largest absolute Gasteiger partial charge is 0.310 e. The monoisotopic (exact) mass is 375 g/mol. The van der Waals surface area contributed by atoms with Crippen molar-refractivity contribution in [1.82, 2.24) is 24.3 Å². The number of halogens is 1. The normalized spacial score (nSPS) is 10.9. The zero-order valence-corrected chi connectivity index (χ0v) is 15.1. The zero-order chi connectivity index (χ0) is 19.3. The van der Waals surface area contributed by atoms with Gasteiger partial charge in [0.1, 0.15) is 6.67 Å². The molecule has 0 aliphatic carbocycles. The van der Waals surface area contributed by atoms with Crippen molar-refractivity contribution in [2.75, 3.05) is 6.67 Å². The van der Waals surface area contributed by atoms with Crippen LogP contribution in [0.5, 0.6) is 0 Å². The SMILES string of the molecule is O=c1c(-c2nc(-c3cccnc3)nn2CCF)cccn1Cc1ccccc1. The molecule has 0 amide bonds. The summed E-state index contributed by atoms with van der Waals surface area (Å²) in [4.78, 5) is 21.6. The number of nitrogens with zero attached hydrogens (tertiary/aromatic N) is 5. The van der Waals surface area contributed by atoms with Crippen LogP contribution in [0.2, 0.25) is 0 Å². The van der Waals surface area contributed by atoms with Crippen LogP contribution in [0.4, 0.5) is 4.39 Å². The number of benzene rings is 1. The van der Waals surface area contributed by atoms with E-state index in [2.05, 4.69) is 15.1 Å². The summed E-state index contributed by atoms with van der Waals surface area (Å²) in [5, 5.41) is 4.38. The van der Waals surface area contributed by atoms with Crippen molar-refractivity contribution in [2.45, 2.75) is 13.1 Å². The van der Waals surface area contributed by atoms with Gasteiger partial charge in [0.15, 0.2) is 11.6 Å². The van der Waals surface area contributed by atoms with Crippen molar-refractivity contribution in [3.05, 3.63) is 89.1 Å². The van der Waals surface area contributed by atoms with Gasteiger partial charge in [-0.3, -0.25) is 9.78 Å². The maximum atomic E-state index is 13.1. The Morgan fingerprint density at radius 1 is 1.00 bits per heavy atom. The van der Waals surface area contributed by atoms with Gasteiger partial charge in [0.2, 0.25) is 0 Å². The fourth-order valence-electron chi connectivity index (χ4n) is 3.01. The molecule has 3 heterocycles. The van der Waals surface area contributed by atoms with Crippen LogP contribution in [0.25, 0.3) is 22.8 Å². The lowest BCUT2D eigenvalue weighted by Gasteiger charge is -2.08. The molecule has 0 atom stereocenters. The van der Waals surface area contributed by atoms with Crippen LogP contribution in [0.3, 0.4) is 0 Å². The van der Waals surface area contributed by atoms with Crippen LogP contribution >= 0.6 is 0 Å². The molecule has 3 aromatic heterocycles. The summed E-state index contributed by atoms with van der Waals surface area (Å²) in [5.41, 5.74) is 1.91. The van der Waals surface area contributed by atoms with Gasteiger partial charge in [-0.05, 0) is 29.8 Å². The van der Waals surface area contributed by atoms with Crippen LogP contribution in [0.15, 0.2) is 78.0 Å². The summed E-state index contributed by atoms with van der Waals surface area (Å²) in [6.07, 6.45) is 5.02. The molecule has 0 fully saturated rings. The molecule has 28 heavy (non-hydrogen) atoms. The molecule has 0 saturated carbocycles. The van der Waals surface area contributed by atoms with Gasteiger partial charge < -0.3 is 4.57 Å². The Kier molecular flexibility index (Phi) is 5.05. The van der Waals surface area contributed by atoms with Gasteiger partial charge in [-0.15, -0.1) is 0 Å². The van der Waals surface area contributed by atoms with Gasteiger partial charge in [-0.1, -0.05) is 30.3 Å². The van der Waals surface area contributed by atoms with Crippen molar-refractivity contribution in [3.63, 3.8) is 0 Å². The molecule has 4 rings (SSSR count). The number of pyridine rings is 2. The average Bonchev–Trinajstić information content (AvgIpc) is 3.15. The number of aryl methyl sites for hydroxylation is 1. The van der Waals surface area contributed by atoms with E-state index in [-0.39, 0.29) is 12.1 Å². The third-order valence-electron chi connectivity index (χ3n) is 4.34. The van der Waals surface area contributed by atoms with Gasteiger partial charge in [0, 0.05) is 24.2 Å². The summed E-state index contributed by atoms with van der Waals surface area (Å²) in [6, 6.07) is 16.8. The minimum atomic E-state index is -0.603. The Labute approximate surface area is 161 Å². The van der Waals surface area contributed by atoms with Crippen molar-refractivity contribution in [1.29, 1.82) is 0 Å². The summed E-state index contributed by atoms with van der Waals surface area (Å²) in [7, 11) is 0. The number of alkyl halides is 1. The zero-order valence-electron chi connectivity index (χ0n) is 15.1. The molecule has 6 nitrogen and oxygen atoms in total. The lowest BCUT2D eigenvalue weighted by atomic mass is 10.2. The summed E-state index contributed by atoms with van der Waals surface area (Å²) in [5.74, 6) is 0.762. The van der Waals surface area contributed by atoms with E-state index in [1.807, 2.05) is 36.4 Å². The Bertz CT molecular complexity index is 1120. The van der Waals surface area contributed by atoms with Crippen LogP contribution in [-0.2, 0) is 13.1 Å². The lowest BCUT2D eigenvalue weighted by molar-refractivity contribution is 0.429. The van der Waals surface area contributed by atoms with Crippen LogP contribution in [-0.4, -0.2) is 31.0 Å². The predicted molar refractivity (Wildman–Crippen MR) is 104 cm³/mol. The first-order chi connectivity index (χ1) is 13.8. The second kappa shape index (κ2) is 7.96. The number of aromatic nitrogens is 5. The molecular weight excluding hydrogens is 357 g/mol. The standard InChI is InChI=1S/C21H18FN5O/c22-10-13-27-20(24-19(25-27)17-8-4-11-23-14-17)18-9-5-12-26(21(18)28)15-16-6-2-1-3-7-16/h1-9,11-12,14H,10,13,15H2. The molecule has 0 radical (unpaired) electrons.